The van der Waals surface area contributed by atoms with Gasteiger partial charge in [0.1, 0.15) is 10.5 Å². The molecule has 1 aliphatic rings. The van der Waals surface area contributed by atoms with Crippen LogP contribution in [0.4, 0.5) is 4.79 Å². The quantitative estimate of drug-likeness (QED) is 0.483. The Kier molecular flexibility index (Phi) is 7.21. The lowest BCUT2D eigenvalue weighted by atomic mass is 10.2. The van der Waals surface area contributed by atoms with Crippen LogP contribution >= 0.6 is 11.3 Å². The number of ether oxygens (including phenoxy) is 2. The number of nitrogens with zero attached hydrogens (tertiary/aromatic N) is 2. The van der Waals surface area contributed by atoms with Crippen molar-refractivity contribution in [3.8, 4) is 0 Å². The van der Waals surface area contributed by atoms with Crippen molar-refractivity contribution in [2.24, 2.45) is 0 Å². The smallest absolute Gasteiger partial charge is 0.407 e. The molecule has 2 aromatic heterocycles. The van der Waals surface area contributed by atoms with Gasteiger partial charge in [0.15, 0.2) is 6.73 Å². The summed E-state index contributed by atoms with van der Waals surface area (Å²) in [5.41, 5.74) is -1.14. The van der Waals surface area contributed by atoms with Crippen molar-refractivity contribution in [3.63, 3.8) is 0 Å². The Bertz CT molecular complexity index is 1440. The predicted molar refractivity (Wildman–Crippen MR) is 134 cm³/mol. The van der Waals surface area contributed by atoms with Crippen LogP contribution in [0.25, 0.3) is 10.8 Å². The lowest BCUT2D eigenvalue weighted by Gasteiger charge is -2.22. The number of esters is 1. The second-order valence-corrected chi connectivity index (χ2v) is 12.2. The Morgan fingerprint density at radius 1 is 1.14 bits per heavy atom. The number of pyridine rings is 1. The summed E-state index contributed by atoms with van der Waals surface area (Å²) in [6, 6.07) is 8.97. The molecule has 3 aromatic rings. The third-order valence-corrected chi connectivity index (χ3v) is 8.30. The number of alkyl carbamates (subject to hydrolysis) is 1. The normalized spacial score (nSPS) is 16.7. The summed E-state index contributed by atoms with van der Waals surface area (Å²) < 4.78 is 39.9. The fourth-order valence-corrected chi connectivity index (χ4v) is 6.21. The van der Waals surface area contributed by atoms with Gasteiger partial charge in [0.05, 0.1) is 4.90 Å². The highest BCUT2D eigenvalue weighted by atomic mass is 32.2. The third-order valence-electron chi connectivity index (χ3n) is 5.53. The average molecular weight is 534 g/mol. The lowest BCUT2D eigenvalue weighted by molar-refractivity contribution is 0.0372. The Labute approximate surface area is 212 Å². The number of thiophene rings is 1. The van der Waals surface area contributed by atoms with E-state index in [4.69, 9.17) is 9.47 Å². The number of hydrogen-bond donors (Lipinski definition) is 1. The Balaban J connectivity index is 1.52. The van der Waals surface area contributed by atoms with Crippen molar-refractivity contribution in [2.75, 3.05) is 13.1 Å². The van der Waals surface area contributed by atoms with E-state index in [9.17, 15) is 22.8 Å². The first kappa shape index (κ1) is 25.9. The van der Waals surface area contributed by atoms with Crippen LogP contribution in [0.15, 0.2) is 57.7 Å². The summed E-state index contributed by atoms with van der Waals surface area (Å²) in [4.78, 5) is 37.6. The minimum absolute atomic E-state index is 0.00208. The topological polar surface area (TPSA) is 124 Å². The molecule has 1 atom stereocenters. The summed E-state index contributed by atoms with van der Waals surface area (Å²) in [5.74, 6) is -0.545. The maximum atomic E-state index is 13.5. The number of fused-ring (bicyclic) bond motifs is 1. The van der Waals surface area contributed by atoms with Gasteiger partial charge in [-0.25, -0.2) is 18.0 Å². The van der Waals surface area contributed by atoms with Gasteiger partial charge in [-0.3, -0.25) is 9.36 Å². The zero-order valence-corrected chi connectivity index (χ0v) is 21.7. The van der Waals surface area contributed by atoms with Crippen LogP contribution in [0.3, 0.4) is 0 Å². The number of carbonyl (C=O) groups is 2. The number of nitrogens with one attached hydrogen (secondary N) is 1. The number of benzene rings is 1. The van der Waals surface area contributed by atoms with Crippen molar-refractivity contribution in [1.82, 2.24) is 14.2 Å². The van der Waals surface area contributed by atoms with Gasteiger partial charge < -0.3 is 14.8 Å². The largest absolute Gasteiger partial charge is 0.444 e. The second kappa shape index (κ2) is 10.0. The molecule has 1 fully saturated rings. The molecule has 0 aliphatic carbocycles. The maximum absolute atomic E-state index is 13.5. The second-order valence-electron chi connectivity index (χ2n) is 9.34. The molecule has 1 amide bonds. The standard InChI is InChI=1S/C24H27N3O7S2/c1-24(2,3)34-23(30)25-16-9-12-27(14-16)36(31,32)20-8-4-6-18-17(20)10-11-26(21(18)28)15-33-22(29)19-7-5-13-35-19/h4-8,10-11,13,16H,9,12,14-15H2,1-3H3,(H,25,30). The van der Waals surface area contributed by atoms with Crippen LogP contribution in [-0.4, -0.2) is 54.1 Å². The van der Waals surface area contributed by atoms with Crippen LogP contribution in [-0.2, 0) is 26.2 Å². The Hall–Kier alpha value is -3.22. The summed E-state index contributed by atoms with van der Waals surface area (Å²) >= 11 is 1.23. The van der Waals surface area contributed by atoms with E-state index in [-0.39, 0.29) is 41.5 Å². The summed E-state index contributed by atoms with van der Waals surface area (Å²) in [6.45, 7) is 5.26. The van der Waals surface area contributed by atoms with Crippen LogP contribution in [0, 0.1) is 0 Å². The molecular formula is C24H27N3O7S2. The molecule has 192 valence electrons. The van der Waals surface area contributed by atoms with Crippen LogP contribution < -0.4 is 10.9 Å². The molecule has 36 heavy (non-hydrogen) atoms. The maximum Gasteiger partial charge on any atom is 0.407 e. The molecule has 0 radical (unpaired) electrons. The molecule has 1 saturated heterocycles. The first-order valence-corrected chi connectivity index (χ1v) is 13.6. The van der Waals surface area contributed by atoms with Gasteiger partial charge in [0.25, 0.3) is 5.56 Å². The fraction of sp³-hybridized carbons (Fsp3) is 0.375. The van der Waals surface area contributed by atoms with Gasteiger partial charge in [-0.15, -0.1) is 11.3 Å². The molecule has 1 aromatic carbocycles. The predicted octanol–water partition coefficient (Wildman–Crippen LogP) is 3.17. The van der Waals surface area contributed by atoms with Crippen LogP contribution in [0.2, 0.25) is 0 Å². The molecule has 0 bridgehead atoms. The molecule has 3 heterocycles. The van der Waals surface area contributed by atoms with Gasteiger partial charge in [0.2, 0.25) is 10.0 Å². The fourth-order valence-electron chi connectivity index (χ4n) is 3.89. The molecule has 10 nitrogen and oxygen atoms in total. The number of hydrogen-bond acceptors (Lipinski definition) is 8. The van der Waals surface area contributed by atoms with E-state index in [1.165, 1.54) is 50.7 Å². The van der Waals surface area contributed by atoms with Crippen molar-refractivity contribution in [2.45, 2.75) is 50.5 Å². The van der Waals surface area contributed by atoms with Gasteiger partial charge in [-0.2, -0.15) is 4.31 Å². The Morgan fingerprint density at radius 3 is 2.61 bits per heavy atom. The molecule has 1 unspecified atom stereocenters. The van der Waals surface area contributed by atoms with Crippen molar-refractivity contribution in [3.05, 3.63) is 63.2 Å². The summed E-state index contributed by atoms with van der Waals surface area (Å²) in [5, 5.41) is 4.92. The SMILES string of the molecule is CC(C)(C)OC(=O)NC1CCN(S(=O)(=O)c2cccc3c(=O)n(COC(=O)c4cccs4)ccc23)C1. The van der Waals surface area contributed by atoms with E-state index in [1.807, 2.05) is 0 Å². The number of aromatic nitrogens is 1. The highest BCUT2D eigenvalue weighted by Crippen LogP contribution is 2.27. The zero-order valence-electron chi connectivity index (χ0n) is 20.1. The monoisotopic (exact) mass is 533 g/mol. The molecule has 0 spiro atoms. The number of carbonyl (C=O) groups excluding carboxylic acids is 2. The average Bonchev–Trinajstić information content (AvgIpc) is 3.50. The van der Waals surface area contributed by atoms with Crippen molar-refractivity contribution >= 4 is 44.2 Å². The minimum Gasteiger partial charge on any atom is -0.444 e. The summed E-state index contributed by atoms with van der Waals surface area (Å²) in [7, 11) is -3.95. The number of rotatable bonds is 6. The first-order valence-electron chi connectivity index (χ1n) is 11.3. The van der Waals surface area contributed by atoms with Gasteiger partial charge in [-0.1, -0.05) is 12.1 Å². The van der Waals surface area contributed by atoms with Gasteiger partial charge in [0, 0.05) is 36.1 Å². The lowest BCUT2D eigenvalue weighted by Crippen LogP contribution is -2.41. The molecular weight excluding hydrogens is 506 g/mol. The van der Waals surface area contributed by atoms with Crippen LogP contribution in [0.5, 0.6) is 0 Å². The zero-order chi connectivity index (χ0) is 26.1. The highest BCUT2D eigenvalue weighted by molar-refractivity contribution is 7.89. The van der Waals surface area contributed by atoms with Crippen molar-refractivity contribution < 1.29 is 27.5 Å². The van der Waals surface area contributed by atoms with Crippen LogP contribution in [0.1, 0.15) is 36.9 Å². The van der Waals surface area contributed by atoms with Gasteiger partial charge in [-0.05, 0) is 56.8 Å². The van der Waals surface area contributed by atoms with E-state index in [0.29, 0.717) is 11.3 Å². The van der Waals surface area contributed by atoms with E-state index in [0.717, 1.165) is 0 Å². The molecule has 0 saturated carbocycles. The Morgan fingerprint density at radius 2 is 1.92 bits per heavy atom. The molecule has 1 aliphatic heterocycles. The van der Waals surface area contributed by atoms with E-state index in [1.54, 1.807) is 38.3 Å². The summed E-state index contributed by atoms with van der Waals surface area (Å²) in [6.07, 6.45) is 1.24. The highest BCUT2D eigenvalue weighted by Gasteiger charge is 2.35. The number of amides is 1. The van der Waals surface area contributed by atoms with E-state index in [2.05, 4.69) is 5.32 Å². The van der Waals surface area contributed by atoms with E-state index >= 15 is 0 Å². The number of sulfonamides is 1. The molecule has 4 rings (SSSR count). The molecule has 12 heteroatoms. The first-order chi connectivity index (χ1) is 17.0. The van der Waals surface area contributed by atoms with E-state index < -0.39 is 33.2 Å². The van der Waals surface area contributed by atoms with Crippen molar-refractivity contribution in [1.29, 1.82) is 0 Å². The molecule has 1 N–H and O–H groups in total. The van der Waals surface area contributed by atoms with Gasteiger partial charge >= 0.3 is 12.1 Å². The third kappa shape index (κ3) is 5.61. The minimum atomic E-state index is -3.95.